The predicted molar refractivity (Wildman–Crippen MR) is 103 cm³/mol. The predicted octanol–water partition coefficient (Wildman–Crippen LogP) is 6.44. The standard InChI is InChI=1S/C22H34N2/c1-3-5-6-7-8-12-15-22(24-17-16-23-19-24)21(4-2)18-20-13-10-9-11-14-20/h9-11,13-14,16-17,19,21-22H,3-8,12,15,18H2,1-2H3. The molecule has 0 amide bonds. The molecule has 132 valence electrons. The van der Waals surface area contributed by atoms with Crippen LogP contribution < -0.4 is 0 Å². The number of rotatable bonds is 12. The van der Waals surface area contributed by atoms with Crippen molar-refractivity contribution < 1.29 is 0 Å². The van der Waals surface area contributed by atoms with Gasteiger partial charge in [-0.25, -0.2) is 4.98 Å². The summed E-state index contributed by atoms with van der Waals surface area (Å²) in [6.45, 7) is 4.61. The number of imidazole rings is 1. The summed E-state index contributed by atoms with van der Waals surface area (Å²) < 4.78 is 2.35. The first kappa shape index (κ1) is 18.8. The summed E-state index contributed by atoms with van der Waals surface area (Å²) in [6, 6.07) is 11.5. The zero-order valence-corrected chi connectivity index (χ0v) is 15.5. The van der Waals surface area contributed by atoms with Gasteiger partial charge >= 0.3 is 0 Å². The molecule has 0 fully saturated rings. The van der Waals surface area contributed by atoms with Crippen LogP contribution in [-0.4, -0.2) is 9.55 Å². The van der Waals surface area contributed by atoms with Crippen LogP contribution in [0, 0.1) is 5.92 Å². The number of aromatic nitrogens is 2. The average Bonchev–Trinajstić information content (AvgIpc) is 3.15. The Bertz CT molecular complexity index is 518. The molecule has 0 aliphatic heterocycles. The van der Waals surface area contributed by atoms with Gasteiger partial charge in [0.2, 0.25) is 0 Å². The van der Waals surface area contributed by atoms with E-state index in [-0.39, 0.29) is 0 Å². The molecular formula is C22H34N2. The zero-order chi connectivity index (χ0) is 17.0. The summed E-state index contributed by atoms with van der Waals surface area (Å²) in [5, 5.41) is 0. The van der Waals surface area contributed by atoms with Gasteiger partial charge in [-0.1, -0.05) is 89.1 Å². The lowest BCUT2D eigenvalue weighted by molar-refractivity contribution is 0.290. The normalized spacial score (nSPS) is 13.8. The molecule has 2 aromatic rings. The van der Waals surface area contributed by atoms with Crippen LogP contribution in [0.2, 0.25) is 0 Å². The van der Waals surface area contributed by atoms with Crippen molar-refractivity contribution >= 4 is 0 Å². The maximum absolute atomic E-state index is 4.30. The lowest BCUT2D eigenvalue weighted by Gasteiger charge is -2.28. The van der Waals surface area contributed by atoms with Gasteiger partial charge in [0.05, 0.1) is 6.33 Å². The van der Waals surface area contributed by atoms with E-state index in [2.05, 4.69) is 59.9 Å². The van der Waals surface area contributed by atoms with Gasteiger partial charge in [-0.15, -0.1) is 0 Å². The molecule has 0 spiro atoms. The summed E-state index contributed by atoms with van der Waals surface area (Å²) in [4.78, 5) is 4.30. The second-order valence-corrected chi connectivity index (χ2v) is 6.99. The van der Waals surface area contributed by atoms with E-state index in [9.17, 15) is 0 Å². The van der Waals surface area contributed by atoms with Gasteiger partial charge < -0.3 is 4.57 Å². The minimum absolute atomic E-state index is 0.573. The topological polar surface area (TPSA) is 17.8 Å². The van der Waals surface area contributed by atoms with Crippen molar-refractivity contribution in [1.29, 1.82) is 0 Å². The first-order valence-electron chi connectivity index (χ1n) is 9.86. The second-order valence-electron chi connectivity index (χ2n) is 6.99. The fourth-order valence-corrected chi connectivity index (χ4v) is 3.70. The minimum atomic E-state index is 0.573. The van der Waals surface area contributed by atoms with Crippen molar-refractivity contribution in [2.45, 2.75) is 77.7 Å². The van der Waals surface area contributed by atoms with Crippen LogP contribution in [0.25, 0.3) is 0 Å². The molecule has 2 atom stereocenters. The van der Waals surface area contributed by atoms with Crippen LogP contribution in [0.15, 0.2) is 49.1 Å². The maximum atomic E-state index is 4.30. The molecule has 2 rings (SSSR count). The van der Waals surface area contributed by atoms with Gasteiger partial charge in [0, 0.05) is 18.4 Å². The molecule has 0 bridgehead atoms. The Morgan fingerprint density at radius 2 is 1.71 bits per heavy atom. The van der Waals surface area contributed by atoms with Crippen molar-refractivity contribution in [3.63, 3.8) is 0 Å². The maximum Gasteiger partial charge on any atom is 0.0948 e. The Morgan fingerprint density at radius 3 is 2.38 bits per heavy atom. The Morgan fingerprint density at radius 1 is 0.958 bits per heavy atom. The van der Waals surface area contributed by atoms with Crippen molar-refractivity contribution in [3.05, 3.63) is 54.6 Å². The Balaban J connectivity index is 1.94. The summed E-state index contributed by atoms with van der Waals surface area (Å²) >= 11 is 0. The lowest BCUT2D eigenvalue weighted by Crippen LogP contribution is -2.20. The van der Waals surface area contributed by atoms with Crippen molar-refractivity contribution in [3.8, 4) is 0 Å². The van der Waals surface area contributed by atoms with Crippen LogP contribution in [0.5, 0.6) is 0 Å². The molecule has 0 saturated heterocycles. The van der Waals surface area contributed by atoms with E-state index in [0.29, 0.717) is 12.0 Å². The molecule has 1 heterocycles. The molecule has 0 N–H and O–H groups in total. The minimum Gasteiger partial charge on any atom is -0.334 e. The molecule has 2 unspecified atom stereocenters. The zero-order valence-electron chi connectivity index (χ0n) is 15.5. The largest absolute Gasteiger partial charge is 0.334 e. The second kappa shape index (κ2) is 11.1. The number of benzene rings is 1. The highest BCUT2D eigenvalue weighted by atomic mass is 15.1. The van der Waals surface area contributed by atoms with Gasteiger partial charge in [0.1, 0.15) is 0 Å². The molecule has 0 aliphatic carbocycles. The van der Waals surface area contributed by atoms with Gasteiger partial charge in [-0.05, 0) is 24.3 Å². The quantitative estimate of drug-likeness (QED) is 0.410. The third kappa shape index (κ3) is 6.14. The fraction of sp³-hybridized carbons (Fsp3) is 0.591. The number of unbranched alkanes of at least 4 members (excludes halogenated alkanes) is 5. The molecule has 0 aliphatic rings. The Kier molecular flexibility index (Phi) is 8.65. The molecule has 1 aromatic heterocycles. The summed E-state index contributed by atoms with van der Waals surface area (Å²) in [6.07, 6.45) is 17.9. The summed E-state index contributed by atoms with van der Waals surface area (Å²) in [7, 11) is 0. The van der Waals surface area contributed by atoms with E-state index in [4.69, 9.17) is 0 Å². The van der Waals surface area contributed by atoms with E-state index in [0.717, 1.165) is 6.42 Å². The first-order chi connectivity index (χ1) is 11.8. The van der Waals surface area contributed by atoms with Crippen LogP contribution >= 0.6 is 0 Å². The van der Waals surface area contributed by atoms with Crippen molar-refractivity contribution in [1.82, 2.24) is 9.55 Å². The highest BCUT2D eigenvalue weighted by Gasteiger charge is 2.21. The number of nitrogens with zero attached hydrogens (tertiary/aromatic N) is 2. The molecule has 2 nitrogen and oxygen atoms in total. The first-order valence-corrected chi connectivity index (χ1v) is 9.86. The van der Waals surface area contributed by atoms with Crippen LogP contribution in [0.4, 0.5) is 0 Å². The number of hydrogen-bond acceptors (Lipinski definition) is 1. The Hall–Kier alpha value is -1.57. The molecule has 24 heavy (non-hydrogen) atoms. The SMILES string of the molecule is CCCCCCCCC(C(CC)Cc1ccccc1)n1ccnc1. The summed E-state index contributed by atoms with van der Waals surface area (Å²) in [5.41, 5.74) is 1.46. The van der Waals surface area contributed by atoms with Gasteiger partial charge in [0.25, 0.3) is 0 Å². The fourth-order valence-electron chi connectivity index (χ4n) is 3.70. The van der Waals surface area contributed by atoms with Crippen molar-refractivity contribution in [2.24, 2.45) is 5.92 Å². The van der Waals surface area contributed by atoms with E-state index >= 15 is 0 Å². The molecule has 0 saturated carbocycles. The van der Waals surface area contributed by atoms with Crippen LogP contribution in [0.3, 0.4) is 0 Å². The van der Waals surface area contributed by atoms with E-state index in [1.807, 2.05) is 12.5 Å². The lowest BCUT2D eigenvalue weighted by atomic mass is 9.86. The van der Waals surface area contributed by atoms with Crippen LogP contribution in [0.1, 0.15) is 76.8 Å². The third-order valence-corrected chi connectivity index (χ3v) is 5.17. The third-order valence-electron chi connectivity index (χ3n) is 5.17. The van der Waals surface area contributed by atoms with E-state index < -0.39 is 0 Å². The smallest absolute Gasteiger partial charge is 0.0948 e. The molecule has 1 aromatic carbocycles. The van der Waals surface area contributed by atoms with Crippen molar-refractivity contribution in [2.75, 3.05) is 0 Å². The van der Waals surface area contributed by atoms with E-state index in [1.54, 1.807) is 0 Å². The summed E-state index contributed by atoms with van der Waals surface area (Å²) in [5.74, 6) is 0.678. The molecule has 2 heteroatoms. The molecular weight excluding hydrogens is 292 g/mol. The highest BCUT2D eigenvalue weighted by Crippen LogP contribution is 2.30. The highest BCUT2D eigenvalue weighted by molar-refractivity contribution is 5.15. The number of hydrogen-bond donors (Lipinski definition) is 0. The van der Waals surface area contributed by atoms with E-state index in [1.165, 1.54) is 56.9 Å². The molecule has 0 radical (unpaired) electrons. The Labute approximate surface area is 148 Å². The van der Waals surface area contributed by atoms with Crippen LogP contribution in [-0.2, 0) is 6.42 Å². The monoisotopic (exact) mass is 326 g/mol. The van der Waals surface area contributed by atoms with Gasteiger partial charge in [0.15, 0.2) is 0 Å². The van der Waals surface area contributed by atoms with Gasteiger partial charge in [-0.2, -0.15) is 0 Å². The van der Waals surface area contributed by atoms with Gasteiger partial charge in [-0.3, -0.25) is 0 Å². The average molecular weight is 327 g/mol.